The van der Waals surface area contributed by atoms with E-state index in [2.05, 4.69) is 20.8 Å². The van der Waals surface area contributed by atoms with Gasteiger partial charge in [-0.15, -0.1) is 0 Å². The van der Waals surface area contributed by atoms with Crippen LogP contribution >= 0.6 is 0 Å². The minimum absolute atomic E-state index is 0.0576. The molecule has 236 valence electrons. The number of rotatable bonds is 8. The van der Waals surface area contributed by atoms with Crippen molar-refractivity contribution in [3.63, 3.8) is 0 Å². The molecule has 0 aromatic heterocycles. The lowest BCUT2D eigenvalue weighted by atomic mass is 9.43. The monoisotopic (exact) mass is 594 g/mol. The van der Waals surface area contributed by atoms with E-state index in [1.165, 1.54) is 26.2 Å². The van der Waals surface area contributed by atoms with Crippen LogP contribution in [0.15, 0.2) is 18.2 Å². The summed E-state index contributed by atoms with van der Waals surface area (Å²) in [6.07, 6.45) is 3.90. The number of hydrogen-bond donors (Lipinski definition) is 2. The maximum Gasteiger partial charge on any atom is 0.303 e. The number of benzene rings is 1. The third-order valence-corrected chi connectivity index (χ3v) is 12.5. The molecule has 4 aliphatic rings. The molecule has 5 nitrogen and oxygen atoms in total. The highest BCUT2D eigenvalue weighted by atomic mass is 19.3. The summed E-state index contributed by atoms with van der Waals surface area (Å²) in [5.41, 5.74) is 0.0955. The molecule has 0 amide bonds. The highest BCUT2D eigenvalue weighted by molar-refractivity contribution is 5.66. The Kier molecular flexibility index (Phi) is 8.74. The Morgan fingerprint density at radius 1 is 1.02 bits per heavy atom. The molecule has 8 heteroatoms. The van der Waals surface area contributed by atoms with E-state index in [9.17, 15) is 19.4 Å². The average molecular weight is 595 g/mol. The van der Waals surface area contributed by atoms with Crippen LogP contribution in [0.1, 0.15) is 104 Å². The second-order valence-corrected chi connectivity index (χ2v) is 14.5. The fraction of sp³-hybridized carbons (Fsp3) is 0.794. The summed E-state index contributed by atoms with van der Waals surface area (Å²) in [6, 6.07) is 4.24. The number of esters is 1. The highest BCUT2D eigenvalue weighted by Gasteiger charge is 2.69. The lowest BCUT2D eigenvalue weighted by Crippen LogP contribution is -2.64. The Balaban J connectivity index is 1.29. The van der Waals surface area contributed by atoms with E-state index in [-0.39, 0.29) is 29.1 Å². The van der Waals surface area contributed by atoms with E-state index in [0.29, 0.717) is 42.4 Å². The number of halogens is 3. The lowest BCUT2D eigenvalue weighted by Gasteiger charge is -2.63. The minimum atomic E-state index is -2.86. The van der Waals surface area contributed by atoms with Gasteiger partial charge in [0.25, 0.3) is 5.92 Å². The van der Waals surface area contributed by atoms with Crippen LogP contribution in [-0.2, 0) is 9.53 Å². The molecule has 2 N–H and O–H groups in total. The third-order valence-electron chi connectivity index (χ3n) is 12.5. The molecule has 0 spiro atoms. The first-order valence-electron chi connectivity index (χ1n) is 16.0. The minimum Gasteiger partial charge on any atom is -0.496 e. The predicted molar refractivity (Wildman–Crippen MR) is 153 cm³/mol. The van der Waals surface area contributed by atoms with E-state index >= 15 is 8.78 Å². The van der Waals surface area contributed by atoms with Crippen molar-refractivity contribution in [1.29, 1.82) is 0 Å². The number of fused-ring (bicyclic) bond motifs is 5. The molecular weight excluding hydrogens is 545 g/mol. The van der Waals surface area contributed by atoms with Gasteiger partial charge in [0.2, 0.25) is 0 Å². The third kappa shape index (κ3) is 5.37. The van der Waals surface area contributed by atoms with E-state index in [1.807, 2.05) is 0 Å². The van der Waals surface area contributed by atoms with Gasteiger partial charge in [0.05, 0.1) is 19.3 Å². The molecule has 4 saturated carbocycles. The van der Waals surface area contributed by atoms with E-state index in [1.54, 1.807) is 6.07 Å². The van der Waals surface area contributed by atoms with Gasteiger partial charge in [0, 0.05) is 30.9 Å². The maximum atomic E-state index is 16.1. The van der Waals surface area contributed by atoms with Crippen LogP contribution in [0, 0.1) is 52.2 Å². The summed E-state index contributed by atoms with van der Waals surface area (Å²) in [6.45, 7) is 7.95. The number of aliphatic hydroxyl groups excluding tert-OH is 2. The van der Waals surface area contributed by atoms with Crippen molar-refractivity contribution in [1.82, 2.24) is 0 Å². The Morgan fingerprint density at radius 3 is 2.40 bits per heavy atom. The number of aliphatic hydroxyl groups is 2. The van der Waals surface area contributed by atoms with Crippen molar-refractivity contribution >= 4 is 5.97 Å². The SMILES string of the molecule is COc1cc(F)ccc1C(CCC[C@@H](C)[C@H]1CC[C@H]2[C@H]3[C@H](CC[C@]12C)[C@@]1(C)CC[C@H](O)[C@H](O)[C@@H]1CC3(F)F)OC(C)=O. The maximum absolute atomic E-state index is 16.1. The molecule has 1 aromatic carbocycles. The zero-order valence-corrected chi connectivity index (χ0v) is 25.8. The molecule has 42 heavy (non-hydrogen) atoms. The molecule has 0 bridgehead atoms. The molecule has 4 aliphatic carbocycles. The largest absolute Gasteiger partial charge is 0.496 e. The number of alkyl halides is 2. The van der Waals surface area contributed by atoms with Gasteiger partial charge in [-0.25, -0.2) is 13.2 Å². The van der Waals surface area contributed by atoms with Crippen molar-refractivity contribution in [3.05, 3.63) is 29.6 Å². The van der Waals surface area contributed by atoms with Gasteiger partial charge in [-0.05, 0) is 104 Å². The van der Waals surface area contributed by atoms with E-state index in [0.717, 1.165) is 38.5 Å². The Morgan fingerprint density at radius 2 is 1.71 bits per heavy atom. The Hall–Kier alpha value is -1.80. The van der Waals surface area contributed by atoms with Gasteiger partial charge < -0.3 is 19.7 Å². The van der Waals surface area contributed by atoms with Crippen LogP contribution in [0.2, 0.25) is 0 Å². The fourth-order valence-electron chi connectivity index (χ4n) is 10.4. The van der Waals surface area contributed by atoms with Crippen molar-refractivity contribution in [2.75, 3.05) is 7.11 Å². The van der Waals surface area contributed by atoms with Crippen LogP contribution in [0.3, 0.4) is 0 Å². The van der Waals surface area contributed by atoms with Gasteiger partial charge in [-0.3, -0.25) is 4.79 Å². The molecule has 1 aromatic rings. The highest BCUT2D eigenvalue weighted by Crippen LogP contribution is 2.71. The second-order valence-electron chi connectivity index (χ2n) is 14.5. The fourth-order valence-corrected chi connectivity index (χ4v) is 10.4. The number of carbonyl (C=O) groups excluding carboxylic acids is 1. The molecule has 0 aliphatic heterocycles. The van der Waals surface area contributed by atoms with Crippen LogP contribution in [0.5, 0.6) is 5.75 Å². The van der Waals surface area contributed by atoms with Crippen molar-refractivity contribution in [2.45, 2.75) is 116 Å². The lowest BCUT2D eigenvalue weighted by molar-refractivity contribution is -0.258. The molecule has 0 saturated heterocycles. The number of methoxy groups -OCH3 is 1. The van der Waals surface area contributed by atoms with Gasteiger partial charge in [0.1, 0.15) is 17.7 Å². The average Bonchev–Trinajstić information content (AvgIpc) is 3.28. The predicted octanol–water partition coefficient (Wildman–Crippen LogP) is 7.48. The molecular formula is C34H49F3O5. The van der Waals surface area contributed by atoms with Crippen LogP contribution < -0.4 is 4.74 Å². The number of hydrogen-bond acceptors (Lipinski definition) is 5. The van der Waals surface area contributed by atoms with Crippen molar-refractivity contribution < 1.29 is 37.7 Å². The first-order valence-corrected chi connectivity index (χ1v) is 16.0. The molecule has 0 radical (unpaired) electrons. The number of ether oxygens (including phenoxy) is 2. The van der Waals surface area contributed by atoms with Gasteiger partial charge in [0.15, 0.2) is 0 Å². The number of carbonyl (C=O) groups is 1. The van der Waals surface area contributed by atoms with Crippen molar-refractivity contribution in [2.24, 2.45) is 46.3 Å². The normalized spacial score (nSPS) is 40.3. The molecule has 11 atom stereocenters. The molecule has 5 rings (SSSR count). The first kappa shape index (κ1) is 31.6. The van der Waals surface area contributed by atoms with Crippen molar-refractivity contribution in [3.8, 4) is 5.75 Å². The molecule has 0 heterocycles. The zero-order valence-electron chi connectivity index (χ0n) is 25.8. The zero-order chi connectivity index (χ0) is 30.6. The summed E-state index contributed by atoms with van der Waals surface area (Å²) in [7, 11) is 1.47. The molecule has 1 unspecified atom stereocenters. The standard InChI is InChI=1S/C34H49F3O5/c1-19(7-6-8-28(42-20(2)38)22-10-9-21(35)17-29(22)41-5)23-11-12-24-30-25(13-15-32(23,24)3)33(4)16-14-27(39)31(40)26(33)18-34(30,36)37/h9-10,17,19,23-28,30-31,39-40H,6-8,11-16,18H2,1-5H3/t19-,23-,24+,25+,26+,27+,28?,30+,31-,32-,33-/m1/s1. The van der Waals surface area contributed by atoms with Gasteiger partial charge in [-0.1, -0.05) is 27.2 Å². The van der Waals surface area contributed by atoms with Crippen LogP contribution in [0.25, 0.3) is 0 Å². The molecule has 4 fully saturated rings. The Labute approximate surface area is 248 Å². The Bertz CT molecular complexity index is 1140. The smallest absolute Gasteiger partial charge is 0.303 e. The summed E-state index contributed by atoms with van der Waals surface area (Å²) in [5.74, 6) is -4.15. The van der Waals surface area contributed by atoms with Crippen LogP contribution in [0.4, 0.5) is 13.2 Å². The summed E-state index contributed by atoms with van der Waals surface area (Å²) in [4.78, 5) is 11.9. The topological polar surface area (TPSA) is 76.0 Å². The van der Waals surface area contributed by atoms with Gasteiger partial charge >= 0.3 is 5.97 Å². The van der Waals surface area contributed by atoms with Gasteiger partial charge in [-0.2, -0.15) is 0 Å². The van der Waals surface area contributed by atoms with E-state index < -0.39 is 47.9 Å². The van der Waals surface area contributed by atoms with Crippen LogP contribution in [-0.4, -0.2) is 41.4 Å². The van der Waals surface area contributed by atoms with E-state index in [4.69, 9.17) is 9.47 Å². The summed E-state index contributed by atoms with van der Waals surface area (Å²) < 4.78 is 57.0. The second kappa shape index (κ2) is 11.6. The summed E-state index contributed by atoms with van der Waals surface area (Å²) >= 11 is 0. The first-order chi connectivity index (χ1) is 19.7. The quantitative estimate of drug-likeness (QED) is 0.305. The summed E-state index contributed by atoms with van der Waals surface area (Å²) in [5, 5.41) is 21.1.